The number of carbonyl (C=O) groups is 1. The Labute approximate surface area is 236 Å². The Balaban J connectivity index is 1.61. The second-order valence-corrected chi connectivity index (χ2v) is 10.8. The molecule has 2 N–H and O–H groups in total. The van der Waals surface area contributed by atoms with Gasteiger partial charge in [-0.3, -0.25) is 9.78 Å². The van der Waals surface area contributed by atoms with E-state index in [0.29, 0.717) is 16.6 Å². The van der Waals surface area contributed by atoms with Gasteiger partial charge in [-0.15, -0.1) is 0 Å². The van der Waals surface area contributed by atoms with Crippen LogP contribution in [0.5, 0.6) is 0 Å². The van der Waals surface area contributed by atoms with Crippen LogP contribution >= 0.6 is 11.6 Å². The number of aliphatic hydroxyl groups excluding tert-OH is 1. The molecule has 0 unspecified atom stereocenters. The first kappa shape index (κ1) is 25.5. The molecule has 4 aromatic rings. The van der Waals surface area contributed by atoms with Gasteiger partial charge in [0, 0.05) is 50.1 Å². The molecule has 2 aromatic heterocycles. The first-order valence-electron chi connectivity index (χ1n) is 13.2. The van der Waals surface area contributed by atoms with Crippen molar-refractivity contribution in [3.63, 3.8) is 0 Å². The highest BCUT2D eigenvalue weighted by Gasteiger charge is 2.33. The topological polar surface area (TPSA) is 101 Å². The van der Waals surface area contributed by atoms with Gasteiger partial charge in [0.05, 0.1) is 35.3 Å². The number of hydrogen-bond acceptors (Lipinski definition) is 5. The minimum absolute atomic E-state index is 0.0567. The summed E-state index contributed by atoms with van der Waals surface area (Å²) in [5.74, 6) is -0.668. The summed E-state index contributed by atoms with van der Waals surface area (Å²) in [5.41, 5.74) is 0.0551. The van der Waals surface area contributed by atoms with Gasteiger partial charge in [0.1, 0.15) is 6.67 Å². The Bertz CT molecular complexity index is 1760. The molecule has 2 aromatic carbocycles. The Morgan fingerprint density at radius 3 is 2.58 bits per heavy atom. The van der Waals surface area contributed by atoms with Crippen molar-refractivity contribution in [2.75, 3.05) is 19.5 Å². The number of aryl methyl sites for hydroxylation is 1. The van der Waals surface area contributed by atoms with Gasteiger partial charge in [-0.25, -0.2) is 12.8 Å². The number of alkyl halides is 4. The third kappa shape index (κ3) is 6.45. The number of aromatic nitrogens is 2. The Morgan fingerprint density at radius 2 is 1.95 bits per heavy atom. The normalized spacial score (nSPS) is 14.4. The lowest BCUT2D eigenvalue weighted by Gasteiger charge is -2.16. The third-order valence-corrected chi connectivity index (χ3v) is 7.32. The van der Waals surface area contributed by atoms with Crippen LogP contribution in [0.25, 0.3) is 10.9 Å². The van der Waals surface area contributed by atoms with E-state index in [2.05, 4.69) is 10.3 Å². The molecule has 0 radical (unpaired) electrons. The highest BCUT2D eigenvalue weighted by molar-refractivity contribution is 7.90. The van der Waals surface area contributed by atoms with Crippen molar-refractivity contribution in [1.29, 1.82) is 0 Å². The number of pyridine rings is 1. The number of aliphatic hydroxyl groups is 1. The van der Waals surface area contributed by atoms with E-state index < -0.39 is 57.9 Å². The maximum Gasteiger partial charge on any atom is 0.416 e. The van der Waals surface area contributed by atoms with Gasteiger partial charge < -0.3 is 15.0 Å². The number of nitrogens with zero attached hydrogens (tertiary/aromatic N) is 2. The molecule has 13 heteroatoms. The molecule has 0 fully saturated rings. The summed E-state index contributed by atoms with van der Waals surface area (Å²) in [4.78, 5) is 16.4. The van der Waals surface area contributed by atoms with Gasteiger partial charge in [-0.05, 0) is 54.1 Å². The number of sulfone groups is 1. The zero-order valence-electron chi connectivity index (χ0n) is 23.5. The molecule has 40 heavy (non-hydrogen) atoms. The largest absolute Gasteiger partial charge is 0.416 e. The highest BCUT2D eigenvalue weighted by Crippen LogP contribution is 2.35. The molecule has 0 saturated heterocycles. The quantitative estimate of drug-likeness (QED) is 0.259. The molecule has 4 rings (SSSR count). The van der Waals surface area contributed by atoms with E-state index in [0.717, 1.165) is 24.4 Å². The SMILES string of the molecule is [2H]C([2H])([2H])S(=O)(=O)c1ccc([C@H](CO)NC(=O)c2ccc3c(c2)cc(Cc2ccc(Cl)cc2C(F)(F)F)n3CCF)nc1. The third-order valence-electron chi connectivity index (χ3n) is 6.22. The Hall–Kier alpha value is -3.48. The van der Waals surface area contributed by atoms with Crippen molar-refractivity contribution in [2.24, 2.45) is 0 Å². The number of halogens is 5. The number of nitrogens with one attached hydrogen (secondary N) is 1. The molecule has 212 valence electrons. The zero-order chi connectivity index (χ0) is 31.7. The number of benzene rings is 2. The fourth-order valence-corrected chi connectivity index (χ4v) is 4.95. The van der Waals surface area contributed by atoms with Gasteiger partial charge >= 0.3 is 6.18 Å². The lowest BCUT2D eigenvalue weighted by molar-refractivity contribution is -0.138. The summed E-state index contributed by atoms with van der Waals surface area (Å²) in [7, 11) is -4.65. The standard InChI is InChI=1S/C27H24ClF4N3O4S/c1-40(38,39)21-5-6-23(33-14-21)24(15-36)34-26(37)17-3-7-25-18(10-17)12-20(35(25)9-8-29)11-16-2-4-19(28)13-22(16)27(30,31)32/h2-7,10,12-14,24,36H,8-9,11,15H2,1H3,(H,34,37)/t24-/m0/s1/i1D3. The van der Waals surface area contributed by atoms with Gasteiger partial charge in [0.25, 0.3) is 5.91 Å². The number of fused-ring (bicyclic) bond motifs is 1. The molecule has 0 aliphatic carbocycles. The lowest BCUT2D eigenvalue weighted by Crippen LogP contribution is -2.31. The van der Waals surface area contributed by atoms with Crippen LogP contribution in [-0.4, -0.2) is 48.4 Å². The van der Waals surface area contributed by atoms with Crippen molar-refractivity contribution in [1.82, 2.24) is 14.9 Å². The van der Waals surface area contributed by atoms with Crippen LogP contribution in [0, 0.1) is 0 Å². The minimum Gasteiger partial charge on any atom is -0.394 e. The van der Waals surface area contributed by atoms with Crippen molar-refractivity contribution in [3.05, 3.63) is 93.9 Å². The predicted octanol–water partition coefficient (Wildman–Crippen LogP) is 5.14. The van der Waals surface area contributed by atoms with Crippen LogP contribution in [0.2, 0.25) is 5.02 Å². The van der Waals surface area contributed by atoms with Crippen LogP contribution in [0.3, 0.4) is 0 Å². The molecule has 0 spiro atoms. The minimum atomic E-state index is -4.66. The molecule has 2 heterocycles. The maximum atomic E-state index is 13.7. The van der Waals surface area contributed by atoms with Crippen LogP contribution < -0.4 is 5.32 Å². The second kappa shape index (κ2) is 11.6. The lowest BCUT2D eigenvalue weighted by atomic mass is 10.0. The fraction of sp³-hybridized carbons (Fsp3) is 0.259. The number of hydrogen-bond donors (Lipinski definition) is 2. The molecule has 0 aliphatic heterocycles. The molecular weight excluding hydrogens is 574 g/mol. The summed E-state index contributed by atoms with van der Waals surface area (Å²) in [6, 6.07) is 10.5. The van der Waals surface area contributed by atoms with E-state index >= 15 is 0 Å². The van der Waals surface area contributed by atoms with Crippen LogP contribution in [0.15, 0.2) is 65.7 Å². The Kier molecular flexibility index (Phi) is 7.36. The monoisotopic (exact) mass is 600 g/mol. The van der Waals surface area contributed by atoms with Crippen LogP contribution in [0.1, 0.15) is 43.0 Å². The van der Waals surface area contributed by atoms with Gasteiger partial charge in [-0.2, -0.15) is 13.2 Å². The smallest absolute Gasteiger partial charge is 0.394 e. The van der Waals surface area contributed by atoms with E-state index in [4.69, 9.17) is 15.7 Å². The second-order valence-electron chi connectivity index (χ2n) is 8.86. The van der Waals surface area contributed by atoms with E-state index in [9.17, 15) is 35.9 Å². The number of rotatable bonds is 9. The zero-order valence-corrected chi connectivity index (χ0v) is 22.1. The summed E-state index contributed by atoms with van der Waals surface area (Å²) < 4.78 is 102. The van der Waals surface area contributed by atoms with Crippen molar-refractivity contribution in [2.45, 2.75) is 30.1 Å². The molecule has 0 bridgehead atoms. The Morgan fingerprint density at radius 1 is 1.18 bits per heavy atom. The summed E-state index contributed by atoms with van der Waals surface area (Å²) in [6.07, 6.45) is -7.33. The predicted molar refractivity (Wildman–Crippen MR) is 142 cm³/mol. The molecule has 1 atom stereocenters. The maximum absolute atomic E-state index is 13.7. The summed E-state index contributed by atoms with van der Waals surface area (Å²) in [6.45, 7) is -1.56. The number of amides is 1. The average molecular weight is 601 g/mol. The number of carbonyl (C=O) groups excluding carboxylic acids is 1. The van der Waals surface area contributed by atoms with E-state index in [-0.39, 0.29) is 34.8 Å². The first-order valence-corrected chi connectivity index (χ1v) is 13.6. The van der Waals surface area contributed by atoms with Crippen LogP contribution in [0.4, 0.5) is 17.6 Å². The van der Waals surface area contributed by atoms with Crippen molar-refractivity contribution in [3.8, 4) is 0 Å². The first-order chi connectivity index (χ1) is 20.1. The van der Waals surface area contributed by atoms with E-state index in [1.54, 1.807) is 6.07 Å². The summed E-state index contributed by atoms with van der Waals surface area (Å²) >= 11 is 5.79. The van der Waals surface area contributed by atoms with Crippen molar-refractivity contribution < 1.29 is 40.0 Å². The van der Waals surface area contributed by atoms with Gasteiger partial charge in [0.2, 0.25) is 0 Å². The summed E-state index contributed by atoms with van der Waals surface area (Å²) in [5, 5.41) is 12.8. The molecular formula is C27H24ClF4N3O4S. The van der Waals surface area contributed by atoms with Crippen LogP contribution in [-0.2, 0) is 29.0 Å². The highest BCUT2D eigenvalue weighted by atomic mass is 35.5. The van der Waals surface area contributed by atoms with Gasteiger partial charge in [0.15, 0.2) is 9.84 Å². The average Bonchev–Trinajstić information content (AvgIpc) is 3.27. The molecule has 0 saturated carbocycles. The molecule has 0 aliphatic rings. The molecule has 1 amide bonds. The fourth-order valence-electron chi connectivity index (χ4n) is 4.34. The van der Waals surface area contributed by atoms with Crippen molar-refractivity contribution >= 4 is 38.2 Å². The van der Waals surface area contributed by atoms with E-state index in [1.807, 2.05) is 0 Å². The molecule has 7 nitrogen and oxygen atoms in total. The van der Waals surface area contributed by atoms with Gasteiger partial charge in [-0.1, -0.05) is 17.7 Å². The van der Waals surface area contributed by atoms with E-state index in [1.165, 1.54) is 34.9 Å².